The van der Waals surface area contributed by atoms with Crippen LogP contribution in [0.1, 0.15) is 10.4 Å². The van der Waals surface area contributed by atoms with E-state index in [0.717, 1.165) is 12.1 Å². The monoisotopic (exact) mass is 322 g/mol. The van der Waals surface area contributed by atoms with Gasteiger partial charge >= 0.3 is 5.97 Å². The second-order valence-electron chi connectivity index (χ2n) is 3.77. The highest BCUT2D eigenvalue weighted by Crippen LogP contribution is 2.25. The first-order valence-electron chi connectivity index (χ1n) is 5.16. The van der Waals surface area contributed by atoms with Gasteiger partial charge < -0.3 is 15.7 Å². The van der Waals surface area contributed by atoms with Gasteiger partial charge in [-0.15, -0.1) is 0 Å². The summed E-state index contributed by atoms with van der Waals surface area (Å²) in [5.41, 5.74) is 4.61. The minimum Gasteiger partial charge on any atom is -0.480 e. The molecular formula is C11H9Cl2FN2O4. The molecule has 3 N–H and O–H groups in total. The van der Waals surface area contributed by atoms with Crippen LogP contribution in [-0.4, -0.2) is 40.9 Å². The lowest BCUT2D eigenvalue weighted by molar-refractivity contribution is -0.138. The average Bonchev–Trinajstić information content (AvgIpc) is 2.31. The smallest absolute Gasteiger partial charge is 0.323 e. The lowest BCUT2D eigenvalue weighted by atomic mass is 10.2. The highest BCUT2D eigenvalue weighted by molar-refractivity contribution is 6.36. The van der Waals surface area contributed by atoms with Gasteiger partial charge in [-0.25, -0.2) is 4.39 Å². The average molecular weight is 323 g/mol. The molecule has 0 atom stereocenters. The SMILES string of the molecule is NC(=O)CN(CC(=O)O)C(=O)c1cc(F)c(Cl)cc1Cl. The normalized spacial score (nSPS) is 10.2. The number of primary amides is 1. The molecule has 0 radical (unpaired) electrons. The highest BCUT2D eigenvalue weighted by atomic mass is 35.5. The molecule has 0 aliphatic heterocycles. The number of carbonyl (C=O) groups is 3. The van der Waals surface area contributed by atoms with Gasteiger partial charge in [-0.3, -0.25) is 14.4 Å². The molecule has 0 fully saturated rings. The molecule has 1 rings (SSSR count). The van der Waals surface area contributed by atoms with Crippen LogP contribution >= 0.6 is 23.2 Å². The van der Waals surface area contributed by atoms with Crippen molar-refractivity contribution in [2.75, 3.05) is 13.1 Å². The van der Waals surface area contributed by atoms with Crippen LogP contribution in [-0.2, 0) is 9.59 Å². The molecule has 0 aliphatic carbocycles. The van der Waals surface area contributed by atoms with E-state index in [1.807, 2.05) is 0 Å². The fraction of sp³-hybridized carbons (Fsp3) is 0.182. The maximum Gasteiger partial charge on any atom is 0.323 e. The van der Waals surface area contributed by atoms with Crippen LogP contribution in [0.25, 0.3) is 0 Å². The zero-order chi connectivity index (χ0) is 15.4. The Morgan fingerprint density at radius 2 is 1.80 bits per heavy atom. The number of rotatable bonds is 5. The van der Waals surface area contributed by atoms with E-state index in [-0.39, 0.29) is 15.6 Å². The van der Waals surface area contributed by atoms with Gasteiger partial charge in [-0.05, 0) is 12.1 Å². The Hall–Kier alpha value is -1.86. The number of carboxylic acids is 1. The highest BCUT2D eigenvalue weighted by Gasteiger charge is 2.23. The van der Waals surface area contributed by atoms with Gasteiger partial charge in [0.25, 0.3) is 5.91 Å². The maximum absolute atomic E-state index is 13.3. The number of nitrogens with two attached hydrogens (primary N) is 1. The van der Waals surface area contributed by atoms with Crippen LogP contribution in [0, 0.1) is 5.82 Å². The van der Waals surface area contributed by atoms with Crippen molar-refractivity contribution < 1.29 is 23.9 Å². The molecule has 9 heteroatoms. The van der Waals surface area contributed by atoms with Crippen molar-refractivity contribution in [3.05, 3.63) is 33.6 Å². The van der Waals surface area contributed by atoms with E-state index in [9.17, 15) is 18.8 Å². The standard InChI is InChI=1S/C11H9Cl2FN2O4/c12-6-2-7(13)8(14)1-5(6)11(20)16(3-9(15)17)4-10(18)19/h1-2H,3-4H2,(H2,15,17)(H,18,19). The zero-order valence-corrected chi connectivity index (χ0v) is 11.4. The summed E-state index contributed by atoms with van der Waals surface area (Å²) in [6.07, 6.45) is 0. The quantitative estimate of drug-likeness (QED) is 0.794. The minimum absolute atomic E-state index is 0.166. The van der Waals surface area contributed by atoms with E-state index >= 15 is 0 Å². The molecule has 0 bridgehead atoms. The van der Waals surface area contributed by atoms with Crippen molar-refractivity contribution in [3.8, 4) is 0 Å². The first-order valence-corrected chi connectivity index (χ1v) is 5.92. The lowest BCUT2D eigenvalue weighted by Crippen LogP contribution is -2.41. The number of hydrogen-bond donors (Lipinski definition) is 2. The van der Waals surface area contributed by atoms with Gasteiger partial charge in [-0.2, -0.15) is 0 Å². The van der Waals surface area contributed by atoms with Crippen molar-refractivity contribution in [2.45, 2.75) is 0 Å². The first kappa shape index (κ1) is 16.2. The Kier molecular flexibility index (Phi) is 5.29. The van der Waals surface area contributed by atoms with Crippen molar-refractivity contribution in [2.24, 2.45) is 5.73 Å². The molecule has 0 unspecified atom stereocenters. The van der Waals surface area contributed by atoms with Crippen molar-refractivity contribution in [1.82, 2.24) is 4.90 Å². The Bertz CT molecular complexity index is 564. The van der Waals surface area contributed by atoms with Gasteiger partial charge in [0.1, 0.15) is 18.9 Å². The van der Waals surface area contributed by atoms with E-state index in [0.29, 0.717) is 4.90 Å². The molecule has 108 valence electrons. The second kappa shape index (κ2) is 6.53. The van der Waals surface area contributed by atoms with Gasteiger partial charge in [0.05, 0.1) is 15.6 Å². The summed E-state index contributed by atoms with van der Waals surface area (Å²) in [7, 11) is 0. The topological polar surface area (TPSA) is 101 Å². The number of aliphatic carboxylic acids is 1. The summed E-state index contributed by atoms with van der Waals surface area (Å²) >= 11 is 11.2. The Morgan fingerprint density at radius 3 is 2.30 bits per heavy atom. The summed E-state index contributed by atoms with van der Waals surface area (Å²) in [4.78, 5) is 34.2. The molecule has 1 aromatic carbocycles. The lowest BCUT2D eigenvalue weighted by Gasteiger charge is -2.19. The molecule has 0 aliphatic rings. The molecular weight excluding hydrogens is 314 g/mol. The molecule has 0 aromatic heterocycles. The predicted octanol–water partition coefficient (Wildman–Crippen LogP) is 1.14. The molecule has 6 nitrogen and oxygen atoms in total. The third kappa shape index (κ3) is 4.07. The molecule has 0 spiro atoms. The molecule has 20 heavy (non-hydrogen) atoms. The second-order valence-corrected chi connectivity index (χ2v) is 4.58. The fourth-order valence-corrected chi connectivity index (χ4v) is 1.87. The van der Waals surface area contributed by atoms with E-state index in [4.69, 9.17) is 34.0 Å². The third-order valence-electron chi connectivity index (χ3n) is 2.20. The fourth-order valence-electron chi connectivity index (χ4n) is 1.41. The number of carbonyl (C=O) groups excluding carboxylic acids is 2. The summed E-state index contributed by atoms with van der Waals surface area (Å²) in [5, 5.41) is 8.24. The number of amides is 2. The van der Waals surface area contributed by atoms with E-state index in [1.165, 1.54) is 0 Å². The van der Waals surface area contributed by atoms with Crippen molar-refractivity contribution >= 4 is 41.0 Å². The Labute approximate surface area is 122 Å². The summed E-state index contributed by atoms with van der Waals surface area (Å²) in [6, 6.07) is 1.78. The predicted molar refractivity (Wildman–Crippen MR) is 69.2 cm³/mol. The zero-order valence-electron chi connectivity index (χ0n) is 9.90. The third-order valence-corrected chi connectivity index (χ3v) is 2.80. The van der Waals surface area contributed by atoms with Gasteiger partial charge in [-0.1, -0.05) is 23.2 Å². The number of hydrogen-bond acceptors (Lipinski definition) is 3. The Morgan fingerprint density at radius 1 is 1.20 bits per heavy atom. The summed E-state index contributed by atoms with van der Waals surface area (Å²) < 4.78 is 13.3. The van der Waals surface area contributed by atoms with Crippen LogP contribution in [0.2, 0.25) is 10.0 Å². The van der Waals surface area contributed by atoms with Gasteiger partial charge in [0.2, 0.25) is 5.91 Å². The number of carboxylic acid groups (broad SMARTS) is 1. The number of halogens is 3. The largest absolute Gasteiger partial charge is 0.480 e. The van der Waals surface area contributed by atoms with E-state index in [2.05, 4.69) is 0 Å². The van der Waals surface area contributed by atoms with Crippen molar-refractivity contribution in [3.63, 3.8) is 0 Å². The van der Waals surface area contributed by atoms with E-state index < -0.39 is 36.7 Å². The minimum atomic E-state index is -1.36. The van der Waals surface area contributed by atoms with Crippen LogP contribution in [0.15, 0.2) is 12.1 Å². The molecule has 0 heterocycles. The van der Waals surface area contributed by atoms with E-state index in [1.54, 1.807) is 0 Å². The molecule has 1 aromatic rings. The van der Waals surface area contributed by atoms with Gasteiger partial charge in [0, 0.05) is 0 Å². The van der Waals surface area contributed by atoms with Crippen molar-refractivity contribution in [1.29, 1.82) is 0 Å². The van der Waals surface area contributed by atoms with Crippen LogP contribution in [0.5, 0.6) is 0 Å². The molecule has 2 amide bonds. The summed E-state index contributed by atoms with van der Waals surface area (Å²) in [5.74, 6) is -4.10. The number of nitrogens with zero attached hydrogens (tertiary/aromatic N) is 1. The molecule has 0 saturated carbocycles. The molecule has 0 saturated heterocycles. The summed E-state index contributed by atoms with van der Waals surface area (Å²) in [6.45, 7) is -1.41. The van der Waals surface area contributed by atoms with Crippen LogP contribution < -0.4 is 5.73 Å². The number of benzene rings is 1. The van der Waals surface area contributed by atoms with Crippen LogP contribution in [0.3, 0.4) is 0 Å². The van der Waals surface area contributed by atoms with Crippen LogP contribution in [0.4, 0.5) is 4.39 Å². The first-order chi connectivity index (χ1) is 9.22. The Balaban J connectivity index is 3.14. The van der Waals surface area contributed by atoms with Gasteiger partial charge in [0.15, 0.2) is 0 Å². The maximum atomic E-state index is 13.3.